The maximum atomic E-state index is 13.3. The second kappa shape index (κ2) is 7.45. The van der Waals surface area contributed by atoms with Crippen LogP contribution in [0.15, 0.2) is 41.1 Å². The molecule has 4 heterocycles. The van der Waals surface area contributed by atoms with Gasteiger partial charge in [-0.15, -0.1) is 0 Å². The molecule has 0 atom stereocenters. The molecule has 3 aromatic heterocycles. The lowest BCUT2D eigenvalue weighted by Gasteiger charge is -2.15. The Kier molecular flexibility index (Phi) is 4.75. The van der Waals surface area contributed by atoms with Gasteiger partial charge in [-0.25, -0.2) is 4.79 Å². The molecule has 3 aromatic rings. The van der Waals surface area contributed by atoms with Gasteiger partial charge < -0.3 is 9.14 Å². The molecule has 0 bridgehead atoms. The monoisotopic (exact) mass is 467 g/mol. The van der Waals surface area contributed by atoms with Gasteiger partial charge in [-0.3, -0.25) is 19.5 Å². The zero-order chi connectivity index (χ0) is 20.8. The Labute approximate surface area is 180 Å². The third-order valence-electron chi connectivity index (χ3n) is 5.65. The summed E-state index contributed by atoms with van der Waals surface area (Å²) in [5.41, 5.74) is 1.13. The van der Waals surface area contributed by atoms with Crippen molar-refractivity contribution in [3.8, 4) is 0 Å². The van der Waals surface area contributed by atoms with E-state index in [1.807, 2.05) is 0 Å². The van der Waals surface area contributed by atoms with Crippen LogP contribution in [-0.2, 0) is 4.74 Å². The summed E-state index contributed by atoms with van der Waals surface area (Å²) in [6.07, 6.45) is 5.47. The first kappa shape index (κ1) is 19.1. The van der Waals surface area contributed by atoms with Crippen LogP contribution in [0.25, 0.3) is 5.52 Å². The van der Waals surface area contributed by atoms with Crippen molar-refractivity contribution in [1.82, 2.24) is 14.3 Å². The molecule has 0 spiro atoms. The van der Waals surface area contributed by atoms with E-state index in [0.717, 1.165) is 25.9 Å². The van der Waals surface area contributed by atoms with E-state index in [-0.39, 0.29) is 46.3 Å². The molecule has 152 valence electrons. The Bertz CT molecular complexity index is 1210. The number of fused-ring (bicyclic) bond motifs is 4. The number of likely N-dealkylation sites (tertiary alicyclic amines) is 1. The quantitative estimate of drug-likeness (QED) is 0.429. The third-order valence-corrected chi connectivity index (χ3v) is 6.12. The Morgan fingerprint density at radius 3 is 2.73 bits per heavy atom. The van der Waals surface area contributed by atoms with Crippen LogP contribution in [0.5, 0.6) is 0 Å². The average molecular weight is 468 g/mol. The van der Waals surface area contributed by atoms with E-state index in [9.17, 15) is 14.4 Å². The molecule has 0 aromatic carbocycles. The molecule has 0 radical (unpaired) electrons. The zero-order valence-electron chi connectivity index (χ0n) is 16.1. The van der Waals surface area contributed by atoms with Gasteiger partial charge in [-0.1, -0.05) is 0 Å². The van der Waals surface area contributed by atoms with Crippen molar-refractivity contribution in [2.24, 2.45) is 0 Å². The fraction of sp³-hybridized carbons (Fsp3) is 0.273. The molecule has 1 saturated heterocycles. The number of carbonyl (C=O) groups excluding carboxylic acids is 3. The molecule has 2 aliphatic rings. The van der Waals surface area contributed by atoms with Gasteiger partial charge in [0.1, 0.15) is 18.0 Å². The first-order chi connectivity index (χ1) is 14.6. The highest BCUT2D eigenvalue weighted by molar-refractivity contribution is 9.10. The summed E-state index contributed by atoms with van der Waals surface area (Å²) in [6, 6.07) is 6.64. The number of aromatic nitrogens is 2. The zero-order valence-corrected chi connectivity index (χ0v) is 17.6. The van der Waals surface area contributed by atoms with Gasteiger partial charge in [0.15, 0.2) is 5.78 Å². The number of carbonyl (C=O) groups is 3. The number of rotatable bonds is 4. The molecule has 0 saturated carbocycles. The lowest BCUT2D eigenvalue weighted by atomic mass is 9.89. The van der Waals surface area contributed by atoms with Crippen molar-refractivity contribution in [2.45, 2.75) is 12.8 Å². The van der Waals surface area contributed by atoms with Crippen LogP contribution < -0.4 is 0 Å². The predicted octanol–water partition coefficient (Wildman–Crippen LogP) is 3.12. The lowest BCUT2D eigenvalue weighted by Crippen LogP contribution is -2.26. The number of hydrogen-bond donors (Lipinski definition) is 0. The number of ketones is 2. The van der Waals surface area contributed by atoms with Crippen LogP contribution in [0.1, 0.15) is 55.3 Å². The first-order valence-corrected chi connectivity index (χ1v) is 10.6. The van der Waals surface area contributed by atoms with Crippen LogP contribution in [0, 0.1) is 0 Å². The molecule has 0 N–H and O–H groups in total. The van der Waals surface area contributed by atoms with Gasteiger partial charge >= 0.3 is 5.97 Å². The maximum absolute atomic E-state index is 13.3. The Balaban J connectivity index is 1.59. The first-order valence-electron chi connectivity index (χ1n) is 9.83. The normalized spacial score (nSPS) is 16.0. The Hall–Kier alpha value is -2.84. The molecule has 5 rings (SSSR count). The summed E-state index contributed by atoms with van der Waals surface area (Å²) in [4.78, 5) is 45.9. The highest BCUT2D eigenvalue weighted by atomic mass is 79.9. The van der Waals surface area contributed by atoms with E-state index in [2.05, 4.69) is 25.8 Å². The molecule has 7 nitrogen and oxygen atoms in total. The van der Waals surface area contributed by atoms with Crippen LogP contribution in [-0.4, -0.2) is 58.1 Å². The highest BCUT2D eigenvalue weighted by Crippen LogP contribution is 2.34. The fourth-order valence-electron chi connectivity index (χ4n) is 4.24. The molecule has 1 fully saturated rings. The van der Waals surface area contributed by atoms with Crippen LogP contribution in [0.3, 0.4) is 0 Å². The number of esters is 1. The Morgan fingerprint density at radius 1 is 1.13 bits per heavy atom. The summed E-state index contributed by atoms with van der Waals surface area (Å²) < 4.78 is 7.83. The van der Waals surface area contributed by atoms with E-state index in [0.29, 0.717) is 16.5 Å². The summed E-state index contributed by atoms with van der Waals surface area (Å²) >= 11 is 3.40. The topological polar surface area (TPSA) is 81.0 Å². The number of ether oxygens (including phenoxy) is 1. The minimum atomic E-state index is -0.594. The van der Waals surface area contributed by atoms with Gasteiger partial charge in [-0.2, -0.15) is 0 Å². The molecule has 8 heteroatoms. The van der Waals surface area contributed by atoms with Crippen molar-refractivity contribution < 1.29 is 19.1 Å². The smallest absolute Gasteiger partial charge is 0.341 e. The van der Waals surface area contributed by atoms with Crippen molar-refractivity contribution in [3.63, 3.8) is 0 Å². The molecule has 1 aliphatic carbocycles. The molecular weight excluding hydrogens is 450 g/mol. The second-order valence-electron chi connectivity index (χ2n) is 7.44. The van der Waals surface area contributed by atoms with Gasteiger partial charge in [0.2, 0.25) is 5.78 Å². The van der Waals surface area contributed by atoms with Gasteiger partial charge in [0.05, 0.1) is 22.2 Å². The molecule has 1 aliphatic heterocycles. The van der Waals surface area contributed by atoms with Gasteiger partial charge in [0, 0.05) is 23.4 Å². The molecule has 0 amide bonds. The highest BCUT2D eigenvalue weighted by Gasteiger charge is 2.39. The number of nitrogens with zero attached hydrogens (tertiary/aromatic N) is 3. The van der Waals surface area contributed by atoms with Gasteiger partial charge in [-0.05, 0) is 66.1 Å². The van der Waals surface area contributed by atoms with E-state index in [1.54, 1.807) is 34.9 Å². The lowest BCUT2D eigenvalue weighted by molar-refractivity contribution is 0.0472. The van der Waals surface area contributed by atoms with Crippen LogP contribution in [0.2, 0.25) is 0 Å². The van der Waals surface area contributed by atoms with Crippen molar-refractivity contribution in [3.05, 3.63) is 69.2 Å². The van der Waals surface area contributed by atoms with Crippen molar-refractivity contribution in [1.29, 1.82) is 0 Å². The third kappa shape index (κ3) is 2.98. The molecular formula is C22H18BrN3O4. The largest absolute Gasteiger partial charge is 0.461 e. The standard InChI is InChI=1S/C22H18BrN3O4/c23-13-5-6-15-16(22(29)30-11-10-25-8-1-2-9-25)17-19(26(15)12-13)21(28)18-14(20(17)27)4-3-7-24-18/h3-7,12H,1-2,8-11H2. The molecule has 0 unspecified atom stereocenters. The molecule has 30 heavy (non-hydrogen) atoms. The van der Waals surface area contributed by atoms with E-state index in [4.69, 9.17) is 4.74 Å². The minimum absolute atomic E-state index is 0.0878. The Morgan fingerprint density at radius 2 is 1.93 bits per heavy atom. The summed E-state index contributed by atoms with van der Waals surface area (Å²) in [7, 11) is 0. The van der Waals surface area contributed by atoms with E-state index < -0.39 is 5.97 Å². The van der Waals surface area contributed by atoms with E-state index >= 15 is 0 Å². The summed E-state index contributed by atoms with van der Waals surface area (Å²) in [6.45, 7) is 2.91. The van der Waals surface area contributed by atoms with Crippen LogP contribution in [0.4, 0.5) is 0 Å². The van der Waals surface area contributed by atoms with Crippen LogP contribution >= 0.6 is 15.9 Å². The van der Waals surface area contributed by atoms with Crippen molar-refractivity contribution in [2.75, 3.05) is 26.2 Å². The second-order valence-corrected chi connectivity index (χ2v) is 8.36. The number of halogens is 1. The maximum Gasteiger partial charge on any atom is 0.341 e. The SMILES string of the molecule is O=C1c2cccnc2C(=O)c2c1c(C(=O)OCCN1CCCC1)c1ccc(Br)cn21. The number of hydrogen-bond acceptors (Lipinski definition) is 6. The minimum Gasteiger partial charge on any atom is -0.461 e. The predicted molar refractivity (Wildman–Crippen MR) is 112 cm³/mol. The fourth-order valence-corrected chi connectivity index (χ4v) is 4.58. The van der Waals surface area contributed by atoms with Gasteiger partial charge in [0.25, 0.3) is 0 Å². The number of pyridine rings is 2. The van der Waals surface area contributed by atoms with Crippen molar-refractivity contribution >= 4 is 39.0 Å². The summed E-state index contributed by atoms with van der Waals surface area (Å²) in [5.74, 6) is -1.37. The van der Waals surface area contributed by atoms with E-state index in [1.165, 1.54) is 6.20 Å². The average Bonchev–Trinajstić information content (AvgIpc) is 3.38. The summed E-state index contributed by atoms with van der Waals surface area (Å²) in [5, 5.41) is 0.